The van der Waals surface area contributed by atoms with Crippen molar-refractivity contribution in [3.05, 3.63) is 109 Å². The third-order valence-corrected chi connectivity index (χ3v) is 6.50. The van der Waals surface area contributed by atoms with Crippen LogP contribution in [0.25, 0.3) is 55.4 Å². The molecule has 6 rings (SSSR count). The van der Waals surface area contributed by atoms with Crippen LogP contribution in [-0.2, 0) is 0 Å². The van der Waals surface area contributed by atoms with Crippen LogP contribution in [0.5, 0.6) is 11.5 Å². The topological polar surface area (TPSA) is 44.2 Å². The van der Waals surface area contributed by atoms with Gasteiger partial charge in [0.15, 0.2) is 0 Å². The van der Waals surface area contributed by atoms with Crippen molar-refractivity contribution >= 4 is 21.8 Å². The predicted octanol–water partition coefficient (Wildman–Crippen LogP) is 7.80. The van der Waals surface area contributed by atoms with Crippen LogP contribution in [-0.4, -0.2) is 24.2 Å². The molecular formula is C32H24N2O2. The summed E-state index contributed by atoms with van der Waals surface area (Å²) in [6, 6.07) is 37.0. The van der Waals surface area contributed by atoms with Crippen molar-refractivity contribution in [2.45, 2.75) is 0 Å². The Morgan fingerprint density at radius 2 is 0.861 bits per heavy atom. The van der Waals surface area contributed by atoms with Crippen LogP contribution in [0.4, 0.5) is 0 Å². The lowest BCUT2D eigenvalue weighted by molar-refractivity contribution is 0.415. The van der Waals surface area contributed by atoms with Crippen LogP contribution in [0.3, 0.4) is 0 Å². The van der Waals surface area contributed by atoms with Crippen LogP contribution >= 0.6 is 0 Å². The second-order valence-corrected chi connectivity index (χ2v) is 8.60. The van der Waals surface area contributed by atoms with E-state index in [9.17, 15) is 0 Å². The number of methoxy groups -OCH3 is 2. The summed E-state index contributed by atoms with van der Waals surface area (Å²) in [5.41, 5.74) is 7.96. The van der Waals surface area contributed by atoms with Gasteiger partial charge in [-0.2, -0.15) is 0 Å². The van der Waals surface area contributed by atoms with Crippen molar-refractivity contribution in [3.8, 4) is 45.1 Å². The fraction of sp³-hybridized carbons (Fsp3) is 0.0625. The Morgan fingerprint density at radius 3 is 1.25 bits per heavy atom. The minimum atomic E-state index is 0.831. The largest absolute Gasteiger partial charge is 0.497 e. The lowest BCUT2D eigenvalue weighted by Crippen LogP contribution is -1.94. The molecule has 0 aliphatic heterocycles. The Balaban J connectivity index is 1.58. The monoisotopic (exact) mass is 468 g/mol. The summed E-state index contributed by atoms with van der Waals surface area (Å²) < 4.78 is 10.7. The number of aromatic nitrogens is 2. The minimum absolute atomic E-state index is 0.831. The Morgan fingerprint density at radius 1 is 0.472 bits per heavy atom. The predicted molar refractivity (Wildman–Crippen MR) is 146 cm³/mol. The van der Waals surface area contributed by atoms with Crippen LogP contribution in [0.1, 0.15) is 0 Å². The number of ether oxygens (including phenoxy) is 2. The van der Waals surface area contributed by atoms with Crippen molar-refractivity contribution in [1.82, 2.24) is 9.97 Å². The van der Waals surface area contributed by atoms with Crippen LogP contribution in [0.2, 0.25) is 0 Å². The van der Waals surface area contributed by atoms with Crippen molar-refractivity contribution in [2.24, 2.45) is 0 Å². The van der Waals surface area contributed by atoms with Gasteiger partial charge in [-0.3, -0.25) is 0 Å². The van der Waals surface area contributed by atoms with E-state index >= 15 is 0 Å². The highest BCUT2D eigenvalue weighted by molar-refractivity contribution is 5.99. The second kappa shape index (κ2) is 9.16. The Kier molecular flexibility index (Phi) is 5.55. The molecule has 0 aliphatic carbocycles. The van der Waals surface area contributed by atoms with E-state index in [1.54, 1.807) is 14.2 Å². The quantitative estimate of drug-likeness (QED) is 0.259. The molecule has 6 aromatic rings. The van der Waals surface area contributed by atoms with E-state index in [2.05, 4.69) is 60.7 Å². The van der Waals surface area contributed by atoms with E-state index in [1.807, 2.05) is 48.5 Å². The molecule has 0 unspecified atom stereocenters. The lowest BCUT2D eigenvalue weighted by Gasteiger charge is -2.13. The molecule has 4 aromatic carbocycles. The van der Waals surface area contributed by atoms with Gasteiger partial charge in [0.05, 0.1) is 36.6 Å². The summed E-state index contributed by atoms with van der Waals surface area (Å²) in [4.78, 5) is 10.1. The summed E-state index contributed by atoms with van der Waals surface area (Å²) in [5, 5.41) is 2.20. The number of rotatable bonds is 5. The SMILES string of the molecule is COc1ccc(-c2cc(-c3cc(-c4ccc(OC)cc4)c4ccccc4n3)nc3ccccc23)cc1. The van der Waals surface area contributed by atoms with E-state index in [-0.39, 0.29) is 0 Å². The maximum Gasteiger partial charge on any atom is 0.118 e. The van der Waals surface area contributed by atoms with Gasteiger partial charge in [0.2, 0.25) is 0 Å². The van der Waals surface area contributed by atoms with Crippen LogP contribution in [0, 0.1) is 0 Å². The molecule has 0 atom stereocenters. The standard InChI is InChI=1S/C32H24N2O2/c1-35-23-15-11-21(12-16-23)27-19-31(33-29-9-5-3-7-25(27)29)32-20-28(22-13-17-24(36-2)18-14-22)26-8-4-6-10-30(26)34-32/h3-20H,1-2H3. The number of pyridine rings is 2. The Labute approximate surface area is 209 Å². The Hall–Kier alpha value is -4.70. The van der Waals surface area contributed by atoms with Crippen molar-refractivity contribution in [1.29, 1.82) is 0 Å². The van der Waals surface area contributed by atoms with E-state index in [4.69, 9.17) is 19.4 Å². The molecule has 0 saturated heterocycles. The smallest absolute Gasteiger partial charge is 0.118 e. The third kappa shape index (κ3) is 3.93. The normalized spacial score (nSPS) is 11.1. The summed E-state index contributed by atoms with van der Waals surface area (Å²) in [6.45, 7) is 0. The number of para-hydroxylation sites is 2. The summed E-state index contributed by atoms with van der Waals surface area (Å²) in [7, 11) is 3.36. The molecule has 2 aromatic heterocycles. The highest BCUT2D eigenvalue weighted by atomic mass is 16.5. The molecular weight excluding hydrogens is 444 g/mol. The van der Waals surface area contributed by atoms with Crippen molar-refractivity contribution in [2.75, 3.05) is 14.2 Å². The van der Waals surface area contributed by atoms with Gasteiger partial charge in [0.25, 0.3) is 0 Å². The van der Waals surface area contributed by atoms with Gasteiger partial charge >= 0.3 is 0 Å². The van der Waals surface area contributed by atoms with Gasteiger partial charge in [-0.1, -0.05) is 60.7 Å². The molecule has 36 heavy (non-hydrogen) atoms. The maximum atomic E-state index is 5.37. The van der Waals surface area contributed by atoms with Gasteiger partial charge in [0, 0.05) is 10.8 Å². The fourth-order valence-corrected chi connectivity index (χ4v) is 4.63. The molecule has 0 radical (unpaired) electrons. The molecule has 2 heterocycles. The van der Waals surface area contributed by atoms with Gasteiger partial charge < -0.3 is 9.47 Å². The van der Waals surface area contributed by atoms with Crippen molar-refractivity contribution in [3.63, 3.8) is 0 Å². The van der Waals surface area contributed by atoms with E-state index in [0.717, 1.165) is 66.9 Å². The molecule has 0 bridgehead atoms. The van der Waals surface area contributed by atoms with Gasteiger partial charge in [-0.05, 0) is 70.8 Å². The average Bonchev–Trinajstić information content (AvgIpc) is 2.96. The minimum Gasteiger partial charge on any atom is -0.497 e. The second-order valence-electron chi connectivity index (χ2n) is 8.60. The number of hydrogen-bond acceptors (Lipinski definition) is 4. The Bertz CT molecular complexity index is 1560. The number of benzene rings is 4. The van der Waals surface area contributed by atoms with Crippen molar-refractivity contribution < 1.29 is 9.47 Å². The zero-order chi connectivity index (χ0) is 24.5. The number of fused-ring (bicyclic) bond motifs is 2. The van der Waals surface area contributed by atoms with Gasteiger partial charge in [0.1, 0.15) is 11.5 Å². The molecule has 174 valence electrons. The maximum absolute atomic E-state index is 5.37. The first-order valence-electron chi connectivity index (χ1n) is 11.8. The molecule has 0 spiro atoms. The first-order chi connectivity index (χ1) is 17.7. The molecule has 0 fully saturated rings. The average molecular weight is 469 g/mol. The molecule has 4 heteroatoms. The molecule has 4 nitrogen and oxygen atoms in total. The molecule has 0 N–H and O–H groups in total. The molecule has 0 saturated carbocycles. The molecule has 0 amide bonds. The highest BCUT2D eigenvalue weighted by Crippen LogP contribution is 2.36. The first kappa shape index (κ1) is 21.8. The summed E-state index contributed by atoms with van der Waals surface area (Å²) in [5.74, 6) is 1.66. The van der Waals surface area contributed by atoms with Crippen LogP contribution in [0.15, 0.2) is 109 Å². The van der Waals surface area contributed by atoms with E-state index in [0.29, 0.717) is 0 Å². The first-order valence-corrected chi connectivity index (χ1v) is 11.8. The lowest BCUT2D eigenvalue weighted by atomic mass is 9.97. The zero-order valence-corrected chi connectivity index (χ0v) is 20.1. The summed E-state index contributed by atoms with van der Waals surface area (Å²) in [6.07, 6.45) is 0. The number of nitrogens with zero attached hydrogens (tertiary/aromatic N) is 2. The van der Waals surface area contributed by atoms with E-state index < -0.39 is 0 Å². The molecule has 0 aliphatic rings. The fourth-order valence-electron chi connectivity index (χ4n) is 4.63. The number of hydrogen-bond donors (Lipinski definition) is 0. The van der Waals surface area contributed by atoms with Gasteiger partial charge in [-0.15, -0.1) is 0 Å². The zero-order valence-electron chi connectivity index (χ0n) is 20.1. The summed E-state index contributed by atoms with van der Waals surface area (Å²) >= 11 is 0. The van der Waals surface area contributed by atoms with Gasteiger partial charge in [-0.25, -0.2) is 9.97 Å². The highest BCUT2D eigenvalue weighted by Gasteiger charge is 2.14. The van der Waals surface area contributed by atoms with E-state index in [1.165, 1.54) is 0 Å². The van der Waals surface area contributed by atoms with Crippen LogP contribution < -0.4 is 9.47 Å². The third-order valence-electron chi connectivity index (χ3n) is 6.50.